The maximum Gasteiger partial charge on any atom is 0.241 e. The van der Waals surface area contributed by atoms with E-state index in [-0.39, 0.29) is 23.7 Å². The van der Waals surface area contributed by atoms with Crippen LogP contribution in [-0.2, 0) is 16.1 Å². The zero-order valence-corrected chi connectivity index (χ0v) is 17.8. The van der Waals surface area contributed by atoms with Crippen LogP contribution in [-0.4, -0.2) is 65.0 Å². The van der Waals surface area contributed by atoms with Crippen LogP contribution in [0.5, 0.6) is 5.75 Å². The molecule has 31 heavy (non-hydrogen) atoms. The first-order valence-electron chi connectivity index (χ1n) is 10.8. The second-order valence-electron chi connectivity index (χ2n) is 8.29. The molecule has 2 fully saturated rings. The van der Waals surface area contributed by atoms with Gasteiger partial charge in [-0.3, -0.25) is 14.5 Å². The van der Waals surface area contributed by atoms with Crippen molar-refractivity contribution in [3.8, 4) is 17.1 Å². The molecule has 1 aromatic heterocycles. The van der Waals surface area contributed by atoms with E-state index in [9.17, 15) is 9.59 Å². The summed E-state index contributed by atoms with van der Waals surface area (Å²) in [6, 6.07) is 7.53. The van der Waals surface area contributed by atoms with Gasteiger partial charge in [-0.05, 0) is 63.0 Å². The summed E-state index contributed by atoms with van der Waals surface area (Å²) in [6.45, 7) is 3.46. The van der Waals surface area contributed by atoms with E-state index in [0.717, 1.165) is 37.2 Å². The lowest BCUT2D eigenvalue weighted by molar-refractivity contribution is -0.140. The van der Waals surface area contributed by atoms with Crippen LogP contribution in [0.15, 0.2) is 28.8 Å². The molecule has 1 aromatic carbocycles. The Morgan fingerprint density at radius 2 is 1.71 bits per heavy atom. The Kier molecular flexibility index (Phi) is 6.50. The molecule has 2 aliphatic heterocycles. The highest BCUT2D eigenvalue weighted by Crippen LogP contribution is 2.25. The summed E-state index contributed by atoms with van der Waals surface area (Å²) in [6.07, 6.45) is 2.98. The number of primary amides is 1. The van der Waals surface area contributed by atoms with E-state index in [1.165, 1.54) is 0 Å². The molecule has 2 saturated heterocycles. The largest absolute Gasteiger partial charge is 0.497 e. The van der Waals surface area contributed by atoms with Gasteiger partial charge in [-0.1, -0.05) is 5.16 Å². The Labute approximate surface area is 181 Å². The molecule has 2 N–H and O–H groups in total. The summed E-state index contributed by atoms with van der Waals surface area (Å²) in [5, 5.41) is 4.08. The molecule has 0 atom stereocenters. The molecule has 4 rings (SSSR count). The van der Waals surface area contributed by atoms with Gasteiger partial charge in [-0.15, -0.1) is 0 Å². The average molecular weight is 428 g/mol. The molecular weight excluding hydrogens is 398 g/mol. The number of rotatable bonds is 6. The number of nitrogens with two attached hydrogens (primary N) is 1. The number of nitrogens with zero attached hydrogens (tertiary/aromatic N) is 4. The SMILES string of the molecule is COc1ccc(-c2noc(CN3CCC(C(=O)N4CCC(C(N)=O)CC4)CC3)n2)cc1. The van der Waals surface area contributed by atoms with Crippen molar-refractivity contribution in [3.63, 3.8) is 0 Å². The minimum atomic E-state index is -0.253. The van der Waals surface area contributed by atoms with Crippen molar-refractivity contribution in [3.05, 3.63) is 30.2 Å². The highest BCUT2D eigenvalue weighted by Gasteiger charge is 2.32. The zero-order valence-electron chi connectivity index (χ0n) is 17.8. The van der Waals surface area contributed by atoms with Gasteiger partial charge in [0.05, 0.1) is 13.7 Å². The molecule has 0 unspecified atom stereocenters. The van der Waals surface area contributed by atoms with Crippen molar-refractivity contribution in [2.24, 2.45) is 17.6 Å². The average Bonchev–Trinajstić information content (AvgIpc) is 3.27. The lowest BCUT2D eigenvalue weighted by Crippen LogP contribution is -2.46. The van der Waals surface area contributed by atoms with Gasteiger partial charge < -0.3 is 19.9 Å². The first kappa shape index (κ1) is 21.3. The van der Waals surface area contributed by atoms with E-state index in [1.54, 1.807) is 7.11 Å². The summed E-state index contributed by atoms with van der Waals surface area (Å²) < 4.78 is 10.6. The van der Waals surface area contributed by atoms with Crippen LogP contribution in [0.1, 0.15) is 31.6 Å². The second kappa shape index (κ2) is 9.47. The van der Waals surface area contributed by atoms with Crippen LogP contribution in [0.4, 0.5) is 0 Å². The molecule has 0 radical (unpaired) electrons. The monoisotopic (exact) mass is 427 g/mol. The summed E-state index contributed by atoms with van der Waals surface area (Å²) in [7, 11) is 1.63. The Morgan fingerprint density at radius 3 is 2.32 bits per heavy atom. The number of carbonyl (C=O) groups is 2. The molecule has 9 heteroatoms. The fourth-order valence-electron chi connectivity index (χ4n) is 4.35. The molecule has 2 aromatic rings. The predicted molar refractivity (Wildman–Crippen MR) is 113 cm³/mol. The second-order valence-corrected chi connectivity index (χ2v) is 8.29. The normalized spacial score (nSPS) is 18.8. The summed E-state index contributed by atoms with van der Waals surface area (Å²) >= 11 is 0. The third-order valence-electron chi connectivity index (χ3n) is 6.32. The number of piperidine rings is 2. The fourth-order valence-corrected chi connectivity index (χ4v) is 4.35. The number of benzene rings is 1. The molecule has 2 aliphatic rings. The van der Waals surface area contributed by atoms with Crippen LogP contribution in [0.2, 0.25) is 0 Å². The van der Waals surface area contributed by atoms with Crippen LogP contribution < -0.4 is 10.5 Å². The van der Waals surface area contributed by atoms with E-state index >= 15 is 0 Å². The number of hydrogen-bond donors (Lipinski definition) is 1. The number of carbonyl (C=O) groups excluding carboxylic acids is 2. The lowest BCUT2D eigenvalue weighted by Gasteiger charge is -2.36. The third kappa shape index (κ3) is 5.04. The number of hydrogen-bond acceptors (Lipinski definition) is 7. The molecule has 3 heterocycles. The van der Waals surface area contributed by atoms with Gasteiger partial charge in [-0.25, -0.2) is 0 Å². The number of amides is 2. The number of methoxy groups -OCH3 is 1. The summed E-state index contributed by atoms with van der Waals surface area (Å²) in [5.41, 5.74) is 6.26. The Hall–Kier alpha value is -2.94. The van der Waals surface area contributed by atoms with Crippen molar-refractivity contribution < 1.29 is 18.8 Å². The Morgan fingerprint density at radius 1 is 1.06 bits per heavy atom. The van der Waals surface area contributed by atoms with Gasteiger partial charge >= 0.3 is 0 Å². The maximum absolute atomic E-state index is 12.8. The Bertz CT molecular complexity index is 897. The number of ether oxygens (including phenoxy) is 1. The van der Waals surface area contributed by atoms with Crippen molar-refractivity contribution in [1.29, 1.82) is 0 Å². The van der Waals surface area contributed by atoms with Gasteiger partial charge in [-0.2, -0.15) is 4.98 Å². The van der Waals surface area contributed by atoms with E-state index in [2.05, 4.69) is 15.0 Å². The van der Waals surface area contributed by atoms with E-state index < -0.39 is 0 Å². The molecular formula is C22H29N5O4. The van der Waals surface area contributed by atoms with Gasteiger partial charge in [0.2, 0.25) is 23.5 Å². The van der Waals surface area contributed by atoms with Crippen LogP contribution in [0.25, 0.3) is 11.4 Å². The van der Waals surface area contributed by atoms with Crippen molar-refractivity contribution in [2.75, 3.05) is 33.3 Å². The van der Waals surface area contributed by atoms with Crippen LogP contribution in [0.3, 0.4) is 0 Å². The molecule has 9 nitrogen and oxygen atoms in total. The summed E-state index contributed by atoms with van der Waals surface area (Å²) in [4.78, 5) is 32.8. The first-order valence-corrected chi connectivity index (χ1v) is 10.8. The van der Waals surface area contributed by atoms with E-state index in [1.807, 2.05) is 29.2 Å². The smallest absolute Gasteiger partial charge is 0.241 e. The van der Waals surface area contributed by atoms with Crippen LogP contribution in [0, 0.1) is 11.8 Å². The van der Waals surface area contributed by atoms with Gasteiger partial charge in [0, 0.05) is 30.5 Å². The number of aromatic nitrogens is 2. The highest BCUT2D eigenvalue weighted by molar-refractivity contribution is 5.80. The van der Waals surface area contributed by atoms with Crippen molar-refractivity contribution >= 4 is 11.8 Å². The third-order valence-corrected chi connectivity index (χ3v) is 6.32. The molecule has 0 spiro atoms. The van der Waals surface area contributed by atoms with E-state index in [4.69, 9.17) is 15.0 Å². The summed E-state index contributed by atoms with van der Waals surface area (Å²) in [5.74, 6) is 1.81. The number of likely N-dealkylation sites (tertiary alicyclic amines) is 2. The molecule has 0 saturated carbocycles. The standard InChI is InChI=1S/C22H29N5O4/c1-30-18-4-2-16(3-5-18)21-24-19(31-25-21)14-26-10-6-17(7-11-26)22(29)27-12-8-15(9-13-27)20(23)28/h2-5,15,17H,6-14H2,1H3,(H2,23,28). The maximum atomic E-state index is 12.8. The first-order chi connectivity index (χ1) is 15.0. The highest BCUT2D eigenvalue weighted by atomic mass is 16.5. The molecule has 166 valence electrons. The topological polar surface area (TPSA) is 115 Å². The van der Waals surface area contributed by atoms with Crippen molar-refractivity contribution in [1.82, 2.24) is 19.9 Å². The minimum absolute atomic E-state index is 0.0407. The molecule has 0 aliphatic carbocycles. The van der Waals surface area contributed by atoms with Gasteiger partial charge in [0.1, 0.15) is 5.75 Å². The fraction of sp³-hybridized carbons (Fsp3) is 0.545. The van der Waals surface area contributed by atoms with Crippen molar-refractivity contribution in [2.45, 2.75) is 32.2 Å². The minimum Gasteiger partial charge on any atom is -0.497 e. The predicted octanol–water partition coefficient (Wildman–Crippen LogP) is 1.68. The van der Waals surface area contributed by atoms with Gasteiger partial charge in [0.25, 0.3) is 0 Å². The van der Waals surface area contributed by atoms with E-state index in [0.29, 0.717) is 44.2 Å². The molecule has 2 amide bonds. The zero-order chi connectivity index (χ0) is 21.8. The van der Waals surface area contributed by atoms with Crippen LogP contribution >= 0.6 is 0 Å². The molecule has 0 bridgehead atoms. The van der Waals surface area contributed by atoms with Gasteiger partial charge in [0.15, 0.2) is 0 Å². The lowest BCUT2D eigenvalue weighted by atomic mass is 9.92. The quantitative estimate of drug-likeness (QED) is 0.746. The Balaban J connectivity index is 1.25.